The van der Waals surface area contributed by atoms with Gasteiger partial charge in [0.05, 0.1) is 0 Å². The SMILES string of the molecule is CC(C)(C)OC(=O)C12CCCC1(c1ccccc1)O2. The minimum absolute atomic E-state index is 0.207. The highest BCUT2D eigenvalue weighted by Gasteiger charge is 2.78. The van der Waals surface area contributed by atoms with E-state index in [9.17, 15) is 4.79 Å². The van der Waals surface area contributed by atoms with Gasteiger partial charge in [-0.25, -0.2) is 4.79 Å². The first-order chi connectivity index (χ1) is 8.90. The maximum absolute atomic E-state index is 12.5. The summed E-state index contributed by atoms with van der Waals surface area (Å²) in [5, 5.41) is 0. The molecular formula is C16H20O3. The molecule has 0 aromatic heterocycles. The van der Waals surface area contributed by atoms with Gasteiger partial charge < -0.3 is 9.47 Å². The highest BCUT2D eigenvalue weighted by molar-refractivity contribution is 5.86. The average Bonchev–Trinajstić information content (AvgIpc) is 2.88. The Kier molecular flexibility index (Phi) is 2.55. The number of benzene rings is 1. The zero-order valence-electron chi connectivity index (χ0n) is 11.7. The van der Waals surface area contributed by atoms with Gasteiger partial charge in [0.1, 0.15) is 11.2 Å². The molecule has 1 heterocycles. The smallest absolute Gasteiger partial charge is 0.342 e. The molecule has 19 heavy (non-hydrogen) atoms. The first-order valence-corrected chi connectivity index (χ1v) is 6.89. The van der Waals surface area contributed by atoms with Crippen LogP contribution in [0.5, 0.6) is 0 Å². The van der Waals surface area contributed by atoms with Crippen LogP contribution in [-0.2, 0) is 19.9 Å². The second-order valence-corrected chi connectivity index (χ2v) is 6.48. The lowest BCUT2D eigenvalue weighted by Crippen LogP contribution is -2.36. The van der Waals surface area contributed by atoms with Crippen molar-refractivity contribution in [3.63, 3.8) is 0 Å². The van der Waals surface area contributed by atoms with Crippen LogP contribution in [0, 0.1) is 0 Å². The van der Waals surface area contributed by atoms with Crippen molar-refractivity contribution >= 4 is 5.97 Å². The summed E-state index contributed by atoms with van der Waals surface area (Å²) in [7, 11) is 0. The molecule has 1 saturated carbocycles. The summed E-state index contributed by atoms with van der Waals surface area (Å²) < 4.78 is 11.5. The number of hydrogen-bond acceptors (Lipinski definition) is 3. The molecule has 1 aromatic rings. The molecule has 1 aromatic carbocycles. The van der Waals surface area contributed by atoms with Crippen LogP contribution < -0.4 is 0 Å². The number of carbonyl (C=O) groups is 1. The van der Waals surface area contributed by atoms with Gasteiger partial charge in [0, 0.05) is 0 Å². The van der Waals surface area contributed by atoms with Crippen molar-refractivity contribution in [2.45, 2.75) is 56.8 Å². The van der Waals surface area contributed by atoms with E-state index >= 15 is 0 Å². The number of fused-ring (bicyclic) bond motifs is 1. The summed E-state index contributed by atoms with van der Waals surface area (Å²) in [6.07, 6.45) is 2.67. The maximum Gasteiger partial charge on any atom is 0.342 e. The van der Waals surface area contributed by atoms with Crippen LogP contribution in [0.3, 0.4) is 0 Å². The number of hydrogen-bond donors (Lipinski definition) is 0. The van der Waals surface area contributed by atoms with Crippen molar-refractivity contribution in [3.05, 3.63) is 35.9 Å². The zero-order chi connectivity index (χ0) is 13.7. The molecule has 2 atom stereocenters. The van der Waals surface area contributed by atoms with Gasteiger partial charge in [-0.2, -0.15) is 0 Å². The highest BCUT2D eigenvalue weighted by Crippen LogP contribution is 2.66. The minimum Gasteiger partial charge on any atom is -0.458 e. The van der Waals surface area contributed by atoms with Gasteiger partial charge >= 0.3 is 5.97 Å². The van der Waals surface area contributed by atoms with Gasteiger partial charge in [0.25, 0.3) is 0 Å². The van der Waals surface area contributed by atoms with E-state index in [2.05, 4.69) is 0 Å². The Bertz CT molecular complexity index is 502. The molecule has 2 aliphatic rings. The fourth-order valence-corrected chi connectivity index (χ4v) is 3.18. The van der Waals surface area contributed by atoms with Crippen LogP contribution >= 0.6 is 0 Å². The van der Waals surface area contributed by atoms with E-state index in [-0.39, 0.29) is 5.97 Å². The van der Waals surface area contributed by atoms with Crippen molar-refractivity contribution < 1.29 is 14.3 Å². The molecule has 3 rings (SSSR count). The summed E-state index contributed by atoms with van der Waals surface area (Å²) >= 11 is 0. The van der Waals surface area contributed by atoms with E-state index < -0.39 is 16.8 Å². The van der Waals surface area contributed by atoms with E-state index in [1.807, 2.05) is 51.1 Å². The summed E-state index contributed by atoms with van der Waals surface area (Å²) in [4.78, 5) is 12.5. The summed E-state index contributed by atoms with van der Waals surface area (Å²) in [6, 6.07) is 10.0. The second-order valence-electron chi connectivity index (χ2n) is 6.48. The molecule has 0 amide bonds. The molecule has 1 aliphatic carbocycles. The fraction of sp³-hybridized carbons (Fsp3) is 0.562. The number of carbonyl (C=O) groups excluding carboxylic acids is 1. The van der Waals surface area contributed by atoms with Gasteiger partial charge in [-0.1, -0.05) is 30.3 Å². The maximum atomic E-state index is 12.5. The molecule has 1 aliphatic heterocycles. The minimum atomic E-state index is -0.734. The monoisotopic (exact) mass is 260 g/mol. The van der Waals surface area contributed by atoms with E-state index in [1.165, 1.54) is 0 Å². The van der Waals surface area contributed by atoms with Crippen LogP contribution in [0.25, 0.3) is 0 Å². The highest BCUT2D eigenvalue weighted by atomic mass is 16.7. The Labute approximate surface area is 113 Å². The van der Waals surface area contributed by atoms with Gasteiger partial charge in [-0.3, -0.25) is 0 Å². The molecule has 0 spiro atoms. The van der Waals surface area contributed by atoms with Crippen LogP contribution in [-0.4, -0.2) is 17.2 Å². The first-order valence-electron chi connectivity index (χ1n) is 6.89. The Hall–Kier alpha value is -1.35. The topological polar surface area (TPSA) is 38.8 Å². The quantitative estimate of drug-likeness (QED) is 0.605. The van der Waals surface area contributed by atoms with Gasteiger partial charge in [-0.15, -0.1) is 0 Å². The van der Waals surface area contributed by atoms with Crippen LogP contribution in [0.15, 0.2) is 30.3 Å². The molecule has 3 nitrogen and oxygen atoms in total. The molecule has 2 unspecified atom stereocenters. The Morgan fingerprint density at radius 3 is 2.53 bits per heavy atom. The molecular weight excluding hydrogens is 240 g/mol. The van der Waals surface area contributed by atoms with Crippen LogP contribution in [0.1, 0.15) is 45.6 Å². The van der Waals surface area contributed by atoms with Gasteiger partial charge in [0.15, 0.2) is 5.60 Å². The number of rotatable bonds is 2. The fourth-order valence-electron chi connectivity index (χ4n) is 3.18. The Morgan fingerprint density at radius 2 is 1.89 bits per heavy atom. The molecule has 102 valence electrons. The summed E-state index contributed by atoms with van der Waals surface area (Å²) in [5.74, 6) is -0.207. The van der Waals surface area contributed by atoms with Crippen LogP contribution in [0.2, 0.25) is 0 Å². The predicted octanol–water partition coefficient (Wildman–Crippen LogP) is 3.18. The zero-order valence-corrected chi connectivity index (χ0v) is 11.7. The van der Waals surface area contributed by atoms with E-state index in [0.29, 0.717) is 0 Å². The third-order valence-corrected chi connectivity index (χ3v) is 3.99. The lowest BCUT2D eigenvalue weighted by molar-refractivity contribution is -0.161. The Balaban J connectivity index is 1.89. The second kappa shape index (κ2) is 3.83. The predicted molar refractivity (Wildman–Crippen MR) is 71.6 cm³/mol. The van der Waals surface area contributed by atoms with Crippen LogP contribution in [0.4, 0.5) is 0 Å². The Morgan fingerprint density at radius 1 is 1.21 bits per heavy atom. The summed E-state index contributed by atoms with van der Waals surface area (Å²) in [5.41, 5.74) is -0.542. The van der Waals surface area contributed by atoms with Crippen molar-refractivity contribution in [1.29, 1.82) is 0 Å². The molecule has 2 fully saturated rings. The lowest BCUT2D eigenvalue weighted by Gasteiger charge is -2.22. The summed E-state index contributed by atoms with van der Waals surface area (Å²) in [6.45, 7) is 5.68. The average molecular weight is 260 g/mol. The van der Waals surface area contributed by atoms with Crippen molar-refractivity contribution in [2.75, 3.05) is 0 Å². The van der Waals surface area contributed by atoms with Gasteiger partial charge in [-0.05, 0) is 45.6 Å². The number of epoxide rings is 1. The third kappa shape index (κ3) is 1.79. The molecule has 0 N–H and O–H groups in total. The standard InChI is InChI=1S/C16H20O3/c1-14(2,3)18-13(17)16-11-7-10-15(16,19-16)12-8-5-4-6-9-12/h4-6,8-9H,7,10-11H2,1-3H3. The van der Waals surface area contributed by atoms with E-state index in [4.69, 9.17) is 9.47 Å². The largest absolute Gasteiger partial charge is 0.458 e. The van der Waals surface area contributed by atoms with Crippen molar-refractivity contribution in [2.24, 2.45) is 0 Å². The van der Waals surface area contributed by atoms with E-state index in [1.54, 1.807) is 0 Å². The molecule has 0 bridgehead atoms. The van der Waals surface area contributed by atoms with Crippen molar-refractivity contribution in [1.82, 2.24) is 0 Å². The molecule has 3 heteroatoms. The third-order valence-electron chi connectivity index (χ3n) is 3.99. The molecule has 0 radical (unpaired) electrons. The number of esters is 1. The number of ether oxygens (including phenoxy) is 2. The normalized spacial score (nSPS) is 32.8. The molecule has 1 saturated heterocycles. The van der Waals surface area contributed by atoms with Gasteiger partial charge in [0.2, 0.25) is 0 Å². The lowest BCUT2D eigenvalue weighted by atomic mass is 9.89. The van der Waals surface area contributed by atoms with Crippen molar-refractivity contribution in [3.8, 4) is 0 Å². The van der Waals surface area contributed by atoms with E-state index in [0.717, 1.165) is 24.8 Å². The first kappa shape index (κ1) is 12.7.